The molecule has 0 spiro atoms. The normalized spacial score (nSPS) is 23.2. The van der Waals surface area contributed by atoms with Crippen LogP contribution in [0.2, 0.25) is 0 Å². The predicted molar refractivity (Wildman–Crippen MR) is 201 cm³/mol. The van der Waals surface area contributed by atoms with Crippen molar-refractivity contribution in [3.8, 4) is 0 Å². The number of urea groups is 1. The van der Waals surface area contributed by atoms with Crippen LogP contribution in [0.1, 0.15) is 86.5 Å². The second kappa shape index (κ2) is 16.8. The number of fused-ring (bicyclic) bond motifs is 1. The maximum absolute atomic E-state index is 14.6. The first-order valence-corrected chi connectivity index (χ1v) is 20.8. The zero-order valence-corrected chi connectivity index (χ0v) is 33.3. The van der Waals surface area contributed by atoms with Gasteiger partial charge in [0.25, 0.3) is 15.9 Å². The number of carbonyl (C=O) groups is 5. The Balaban J connectivity index is 1.55. The molecule has 13 nitrogen and oxygen atoms in total. The predicted octanol–water partition coefficient (Wildman–Crippen LogP) is 3.67. The third-order valence-corrected chi connectivity index (χ3v) is 14.4. The van der Waals surface area contributed by atoms with Crippen molar-refractivity contribution in [2.24, 2.45) is 28.6 Å². The van der Waals surface area contributed by atoms with Crippen LogP contribution >= 0.6 is 11.3 Å². The highest BCUT2D eigenvalue weighted by molar-refractivity contribution is 7.91. The van der Waals surface area contributed by atoms with E-state index in [9.17, 15) is 32.4 Å². The van der Waals surface area contributed by atoms with Gasteiger partial charge in [-0.2, -0.15) is 4.31 Å². The summed E-state index contributed by atoms with van der Waals surface area (Å²) in [6.07, 6.45) is 6.58. The number of nitrogens with zero attached hydrogens (tertiary/aromatic N) is 2. The van der Waals surface area contributed by atoms with E-state index in [4.69, 9.17) is 0 Å². The summed E-state index contributed by atoms with van der Waals surface area (Å²) in [5, 5.41) is 13.0. The Kier molecular flexibility index (Phi) is 13.4. The van der Waals surface area contributed by atoms with Gasteiger partial charge in [-0.05, 0) is 59.3 Å². The maximum atomic E-state index is 14.6. The zero-order valence-electron chi connectivity index (χ0n) is 31.7. The van der Waals surface area contributed by atoms with Gasteiger partial charge in [-0.15, -0.1) is 17.9 Å². The van der Waals surface area contributed by atoms with E-state index in [-0.39, 0.29) is 52.8 Å². The number of nitrogens with one attached hydrogen (secondary N) is 4. The summed E-state index contributed by atoms with van der Waals surface area (Å²) in [5.74, 6) is -2.62. The lowest BCUT2D eigenvalue weighted by molar-refractivity contribution is -0.144. The average Bonchev–Trinajstić information content (AvgIpc) is 3.54. The highest BCUT2D eigenvalue weighted by Gasteiger charge is 2.69. The van der Waals surface area contributed by atoms with Gasteiger partial charge in [-0.25, -0.2) is 13.2 Å². The highest BCUT2D eigenvalue weighted by atomic mass is 32.2. The first kappa shape index (κ1) is 41.5. The van der Waals surface area contributed by atoms with Crippen LogP contribution in [0.25, 0.3) is 0 Å². The number of rotatable bonds is 16. The molecule has 6 atom stereocenters. The van der Waals surface area contributed by atoms with E-state index in [0.29, 0.717) is 13.0 Å². The number of ketones is 1. The molecule has 0 radical (unpaired) electrons. The summed E-state index contributed by atoms with van der Waals surface area (Å²) in [7, 11) is -2.28. The van der Waals surface area contributed by atoms with Gasteiger partial charge in [0.2, 0.25) is 17.6 Å². The topological polar surface area (TPSA) is 174 Å². The van der Waals surface area contributed by atoms with Crippen molar-refractivity contribution in [2.45, 2.75) is 115 Å². The molecule has 0 bridgehead atoms. The Morgan fingerprint density at radius 1 is 1.10 bits per heavy atom. The van der Waals surface area contributed by atoms with Crippen molar-refractivity contribution in [3.05, 3.63) is 30.2 Å². The average molecular weight is 763 g/mol. The molecule has 2 aliphatic carbocycles. The Hall–Kier alpha value is -3.30. The van der Waals surface area contributed by atoms with Gasteiger partial charge in [0.1, 0.15) is 16.3 Å². The molecule has 1 unspecified atom stereocenters. The van der Waals surface area contributed by atoms with Crippen molar-refractivity contribution in [3.63, 3.8) is 0 Å². The van der Waals surface area contributed by atoms with Crippen LogP contribution in [0.3, 0.4) is 0 Å². The molecular weight excluding hydrogens is 705 g/mol. The van der Waals surface area contributed by atoms with E-state index in [1.165, 1.54) is 17.4 Å². The molecule has 2 saturated carbocycles. The number of piperidine rings is 1. The van der Waals surface area contributed by atoms with Gasteiger partial charge in [-0.1, -0.05) is 79.4 Å². The molecule has 5 amide bonds. The lowest BCUT2D eigenvalue weighted by atomic mass is 9.83. The third-order valence-electron chi connectivity index (χ3n) is 11.2. The number of amides is 5. The van der Waals surface area contributed by atoms with Crippen molar-refractivity contribution < 1.29 is 32.4 Å². The smallest absolute Gasteiger partial charge is 0.315 e. The molecule has 290 valence electrons. The Morgan fingerprint density at radius 3 is 2.35 bits per heavy atom. The number of hydrogen-bond acceptors (Lipinski definition) is 8. The molecule has 1 aliphatic heterocycles. The fourth-order valence-electron chi connectivity index (χ4n) is 7.86. The van der Waals surface area contributed by atoms with Crippen LogP contribution in [0, 0.1) is 28.6 Å². The molecule has 3 aliphatic rings. The van der Waals surface area contributed by atoms with Crippen LogP contribution in [-0.2, 0) is 29.2 Å². The number of Topliss-reactive ketones (excluding diaryl/α,β-unsaturated/α-hetero) is 1. The Bertz CT molecular complexity index is 1580. The minimum Gasteiger partial charge on any atom is -0.346 e. The number of likely N-dealkylation sites (tertiary alicyclic amines) is 1. The van der Waals surface area contributed by atoms with Gasteiger partial charge in [0, 0.05) is 32.7 Å². The summed E-state index contributed by atoms with van der Waals surface area (Å²) >= 11 is 1.12. The third kappa shape index (κ3) is 9.25. The van der Waals surface area contributed by atoms with Crippen LogP contribution in [0.4, 0.5) is 4.79 Å². The second-order valence-electron chi connectivity index (χ2n) is 16.2. The molecule has 1 saturated heterocycles. The maximum Gasteiger partial charge on any atom is 0.315 e. The van der Waals surface area contributed by atoms with E-state index in [0.717, 1.165) is 43.4 Å². The molecule has 0 aromatic carbocycles. The van der Waals surface area contributed by atoms with Crippen LogP contribution < -0.4 is 21.3 Å². The van der Waals surface area contributed by atoms with E-state index in [2.05, 4.69) is 41.7 Å². The molecule has 15 heteroatoms. The highest BCUT2D eigenvalue weighted by Crippen LogP contribution is 2.65. The molecule has 1 aromatic heterocycles. The molecule has 52 heavy (non-hydrogen) atoms. The standard InChI is InChI=1S/C37H58N6O7S2/c1-9-15-25(31(44)33(46)38-19-10-2)39-32(45)30-28-24(37(28,6)7)21-43(30)34(47)29(23-16-12-11-13-17-23)41-35(48)40-26(36(3,4)5)22-42(8)52(49,50)27-18-14-20-51-27/h10,14,18,20,23-26,28-30H,2,9,11-13,15-17,19,21-22H2,1,3-8H3,(H,38,46)(H,39,45)(H2,40,41,48)/t24-,25?,26+,28-,29-,30-/m0/s1. The Labute approximate surface area is 313 Å². The lowest BCUT2D eigenvalue weighted by Gasteiger charge is -2.38. The van der Waals surface area contributed by atoms with E-state index >= 15 is 0 Å². The molecular formula is C37H58N6O7S2. The summed E-state index contributed by atoms with van der Waals surface area (Å²) in [6.45, 7) is 15.7. The molecule has 1 aromatic rings. The number of hydrogen-bond donors (Lipinski definition) is 4. The molecule has 3 fully saturated rings. The first-order chi connectivity index (χ1) is 24.4. The minimum atomic E-state index is -3.77. The van der Waals surface area contributed by atoms with Crippen LogP contribution in [0.15, 0.2) is 34.4 Å². The summed E-state index contributed by atoms with van der Waals surface area (Å²) in [6, 6.07) is -0.808. The van der Waals surface area contributed by atoms with Crippen LogP contribution in [0.5, 0.6) is 0 Å². The van der Waals surface area contributed by atoms with Crippen molar-refractivity contribution in [1.29, 1.82) is 0 Å². The second-order valence-corrected chi connectivity index (χ2v) is 19.5. The van der Waals surface area contributed by atoms with Crippen molar-refractivity contribution in [2.75, 3.05) is 26.7 Å². The van der Waals surface area contributed by atoms with E-state index < -0.39 is 63.2 Å². The minimum absolute atomic E-state index is 0.00919. The van der Waals surface area contributed by atoms with Gasteiger partial charge in [0.05, 0.1) is 6.04 Å². The quantitative estimate of drug-likeness (QED) is 0.147. The van der Waals surface area contributed by atoms with E-state index in [1.807, 2.05) is 27.7 Å². The SMILES string of the molecule is C=CCNC(=O)C(=O)C(CCC)NC(=O)[C@@H]1[C@@H]2[C@H](CN1C(=O)[C@@H](NC(=O)N[C@H](CN(C)S(=O)(=O)c1cccs1)C(C)(C)C)C1CCCCC1)C2(C)C. The van der Waals surface area contributed by atoms with Gasteiger partial charge in [-0.3, -0.25) is 19.2 Å². The number of thiophene rings is 1. The summed E-state index contributed by atoms with van der Waals surface area (Å²) in [4.78, 5) is 69.8. The fourth-order valence-corrected chi connectivity index (χ4v) is 10.2. The Morgan fingerprint density at radius 2 is 1.77 bits per heavy atom. The van der Waals surface area contributed by atoms with Crippen molar-refractivity contribution >= 4 is 50.9 Å². The first-order valence-electron chi connectivity index (χ1n) is 18.5. The molecule has 4 rings (SSSR count). The zero-order chi connectivity index (χ0) is 38.6. The monoisotopic (exact) mass is 762 g/mol. The number of sulfonamides is 1. The van der Waals surface area contributed by atoms with Crippen molar-refractivity contribution in [1.82, 2.24) is 30.5 Å². The van der Waals surface area contributed by atoms with Gasteiger partial charge < -0.3 is 26.2 Å². The van der Waals surface area contributed by atoms with Gasteiger partial charge >= 0.3 is 6.03 Å². The summed E-state index contributed by atoms with van der Waals surface area (Å²) in [5.41, 5.74) is -0.744. The fraction of sp³-hybridized carbons (Fsp3) is 0.703. The van der Waals surface area contributed by atoms with Crippen LogP contribution in [-0.4, -0.2) is 98.0 Å². The number of likely N-dealkylation sites (N-methyl/N-ethyl adjacent to an activating group) is 1. The van der Waals surface area contributed by atoms with E-state index in [1.54, 1.807) is 22.4 Å². The summed E-state index contributed by atoms with van der Waals surface area (Å²) < 4.78 is 27.9. The molecule has 4 N–H and O–H groups in total. The lowest BCUT2D eigenvalue weighted by Crippen LogP contribution is -2.61. The molecule has 2 heterocycles. The largest absolute Gasteiger partial charge is 0.346 e. The van der Waals surface area contributed by atoms with Gasteiger partial charge in [0.15, 0.2) is 0 Å². The number of carbonyl (C=O) groups excluding carboxylic acids is 5.